The van der Waals surface area contributed by atoms with Crippen LogP contribution in [0.25, 0.3) is 0 Å². The lowest BCUT2D eigenvalue weighted by molar-refractivity contribution is -0.0147. The van der Waals surface area contributed by atoms with Crippen molar-refractivity contribution >= 4 is 22.7 Å². The van der Waals surface area contributed by atoms with Gasteiger partial charge in [-0.1, -0.05) is 36.4 Å². The Hall–Kier alpha value is -4.72. The number of azo groups is 2. The SMILES string of the molecule is Oc1c2cc(/N=N/c3ccccc3)cc1COCCOCCOCCOCCOCc1cc(/N=N/c3ccccc3)cc(c1O)COCCOCCOCCOCCOC2. The average molecular weight is 833 g/mol. The van der Waals surface area contributed by atoms with E-state index in [1.807, 2.05) is 60.7 Å². The van der Waals surface area contributed by atoms with Crippen LogP contribution in [0.3, 0.4) is 0 Å². The van der Waals surface area contributed by atoms with Gasteiger partial charge in [-0.25, -0.2) is 0 Å². The molecule has 0 saturated heterocycles. The Morgan fingerprint density at radius 1 is 0.283 bits per heavy atom. The lowest BCUT2D eigenvalue weighted by atomic mass is 10.1. The van der Waals surface area contributed by atoms with E-state index in [0.717, 1.165) is 0 Å². The Balaban J connectivity index is 1.09. The molecule has 0 aromatic heterocycles. The number of rotatable bonds is 4. The Kier molecular flexibility index (Phi) is 22.2. The Bertz CT molecular complexity index is 1630. The van der Waals surface area contributed by atoms with Crippen LogP contribution in [0.5, 0.6) is 11.5 Å². The number of nitrogens with zero attached hydrogens (tertiary/aromatic N) is 4. The molecule has 1 aliphatic heterocycles. The van der Waals surface area contributed by atoms with E-state index in [0.29, 0.717) is 151 Å². The van der Waals surface area contributed by atoms with Gasteiger partial charge in [-0.05, 0) is 48.5 Å². The summed E-state index contributed by atoms with van der Waals surface area (Å²) in [5, 5.41) is 39.5. The second-order valence-corrected chi connectivity index (χ2v) is 13.2. The molecule has 0 spiro atoms. The lowest BCUT2D eigenvalue weighted by Crippen LogP contribution is -2.13. The van der Waals surface area contributed by atoms with Crippen molar-refractivity contribution in [1.29, 1.82) is 0 Å². The van der Waals surface area contributed by atoms with Gasteiger partial charge in [-0.3, -0.25) is 0 Å². The number of ether oxygens (including phenoxy) is 10. The highest BCUT2D eigenvalue weighted by Gasteiger charge is 2.13. The fraction of sp³-hybridized carbons (Fsp3) is 0.455. The van der Waals surface area contributed by atoms with Gasteiger partial charge in [0.2, 0.25) is 0 Å². The molecular formula is C44H56N4O12. The van der Waals surface area contributed by atoms with Crippen LogP contribution < -0.4 is 0 Å². The highest BCUT2D eigenvalue weighted by atomic mass is 16.6. The zero-order chi connectivity index (χ0) is 41.7. The van der Waals surface area contributed by atoms with Gasteiger partial charge in [0.25, 0.3) is 0 Å². The molecule has 5 rings (SSSR count). The normalized spacial score (nSPS) is 18.0. The quantitative estimate of drug-likeness (QED) is 0.191. The molecule has 0 fully saturated rings. The Morgan fingerprint density at radius 3 is 0.750 bits per heavy atom. The van der Waals surface area contributed by atoms with Crippen LogP contribution in [-0.2, 0) is 73.8 Å². The monoisotopic (exact) mass is 832 g/mol. The minimum Gasteiger partial charge on any atom is -0.507 e. The van der Waals surface area contributed by atoms with E-state index >= 15 is 0 Å². The molecule has 1 heterocycles. The van der Waals surface area contributed by atoms with Crippen LogP contribution >= 0.6 is 0 Å². The summed E-state index contributed by atoms with van der Waals surface area (Å²) in [4.78, 5) is 0. The molecule has 0 amide bonds. The summed E-state index contributed by atoms with van der Waals surface area (Å²) in [5.74, 6) is 0.155. The van der Waals surface area contributed by atoms with Crippen molar-refractivity contribution in [3.8, 4) is 11.5 Å². The van der Waals surface area contributed by atoms with Gasteiger partial charge in [0.15, 0.2) is 0 Å². The van der Waals surface area contributed by atoms with Crippen LogP contribution in [0.1, 0.15) is 22.3 Å². The van der Waals surface area contributed by atoms with Crippen molar-refractivity contribution in [1.82, 2.24) is 0 Å². The summed E-state index contributed by atoms with van der Waals surface area (Å²) in [7, 11) is 0. The lowest BCUT2D eigenvalue weighted by Gasteiger charge is -2.13. The van der Waals surface area contributed by atoms with E-state index in [1.54, 1.807) is 24.3 Å². The maximum absolute atomic E-state index is 11.0. The van der Waals surface area contributed by atoms with Crippen molar-refractivity contribution in [3.63, 3.8) is 0 Å². The first-order chi connectivity index (χ1) is 29.7. The summed E-state index contributed by atoms with van der Waals surface area (Å²) in [6.45, 7) is 6.37. The zero-order valence-electron chi connectivity index (χ0n) is 34.0. The van der Waals surface area contributed by atoms with E-state index in [9.17, 15) is 10.2 Å². The number of phenols is 2. The molecule has 324 valence electrons. The summed E-state index contributed by atoms with van der Waals surface area (Å²) >= 11 is 0. The largest absolute Gasteiger partial charge is 0.507 e. The first kappa shape index (κ1) is 46.3. The van der Waals surface area contributed by atoms with Gasteiger partial charge < -0.3 is 57.6 Å². The average Bonchev–Trinajstić information content (AvgIpc) is 3.27. The van der Waals surface area contributed by atoms with E-state index in [2.05, 4.69) is 20.5 Å². The van der Waals surface area contributed by atoms with Gasteiger partial charge in [0.1, 0.15) is 11.5 Å². The second kappa shape index (κ2) is 28.7. The summed E-state index contributed by atoms with van der Waals surface area (Å²) < 4.78 is 57.1. The predicted octanol–water partition coefficient (Wildman–Crippen LogP) is 7.81. The molecule has 16 nitrogen and oxygen atoms in total. The highest BCUT2D eigenvalue weighted by Crippen LogP contribution is 2.32. The standard InChI is InChI=1S/C44H56N4O12/c49-43-35-27-41(47-45-39-7-3-1-4-8-39)28-36(43)32-58-24-20-54-16-12-52-14-18-56-22-26-60-34-38-30-42(48-46-40-9-5-2-6-10-40)29-37(44(38)50)33-59-25-21-55-17-13-51-11-15-53-19-23-57-31-35/h1-10,27-30,49-50H,11-26,31-34H2/b47-45+,48-46+. The van der Waals surface area contributed by atoms with Crippen molar-refractivity contribution in [2.45, 2.75) is 26.4 Å². The van der Waals surface area contributed by atoms with Gasteiger partial charge in [-0.15, -0.1) is 0 Å². The smallest absolute Gasteiger partial charge is 0.126 e. The number of hydrogen-bond donors (Lipinski definition) is 2. The van der Waals surface area contributed by atoms with Crippen LogP contribution in [0.2, 0.25) is 0 Å². The van der Waals surface area contributed by atoms with Crippen LogP contribution in [-0.4, -0.2) is 116 Å². The molecule has 0 aliphatic carbocycles. The second-order valence-electron chi connectivity index (χ2n) is 13.2. The van der Waals surface area contributed by atoms with Crippen molar-refractivity contribution in [3.05, 3.63) is 107 Å². The Morgan fingerprint density at radius 2 is 0.500 bits per heavy atom. The maximum atomic E-state index is 11.0. The van der Waals surface area contributed by atoms with E-state index < -0.39 is 0 Å². The van der Waals surface area contributed by atoms with Crippen molar-refractivity contribution in [2.24, 2.45) is 20.5 Å². The minimum absolute atomic E-state index is 0.0774. The number of phenolic OH excluding ortho intramolecular Hbond substituents is 2. The third-order valence-corrected chi connectivity index (χ3v) is 8.59. The molecule has 2 N–H and O–H groups in total. The summed E-state index contributed by atoms with van der Waals surface area (Å²) in [6.07, 6.45) is 0. The molecular weight excluding hydrogens is 777 g/mol. The fourth-order valence-electron chi connectivity index (χ4n) is 5.54. The third-order valence-electron chi connectivity index (χ3n) is 8.59. The Labute approximate surface area is 351 Å². The maximum Gasteiger partial charge on any atom is 0.126 e. The molecule has 4 aromatic rings. The number of hydrogen-bond acceptors (Lipinski definition) is 16. The molecule has 16 heteroatoms. The van der Waals surface area contributed by atoms with Crippen LogP contribution in [0, 0.1) is 0 Å². The molecule has 4 aromatic carbocycles. The van der Waals surface area contributed by atoms with E-state index in [4.69, 9.17) is 47.4 Å². The molecule has 0 radical (unpaired) electrons. The van der Waals surface area contributed by atoms with Gasteiger partial charge in [0.05, 0.1) is 155 Å². The first-order valence-electron chi connectivity index (χ1n) is 20.1. The van der Waals surface area contributed by atoms with Gasteiger partial charge in [-0.2, -0.15) is 20.5 Å². The highest BCUT2D eigenvalue weighted by molar-refractivity contribution is 5.53. The molecule has 0 saturated carbocycles. The first-order valence-corrected chi connectivity index (χ1v) is 20.1. The summed E-state index contributed by atoms with van der Waals surface area (Å²) in [5.41, 5.74) is 4.78. The van der Waals surface area contributed by atoms with Crippen molar-refractivity contribution in [2.75, 3.05) is 106 Å². The molecule has 0 atom stereocenters. The number of fused-ring (bicyclic) bond motifs is 4. The molecule has 4 bridgehead atoms. The fourth-order valence-corrected chi connectivity index (χ4v) is 5.54. The predicted molar refractivity (Wildman–Crippen MR) is 221 cm³/mol. The minimum atomic E-state index is 0.0774. The van der Waals surface area contributed by atoms with Gasteiger partial charge in [0, 0.05) is 22.3 Å². The molecule has 60 heavy (non-hydrogen) atoms. The molecule has 1 aliphatic rings. The summed E-state index contributed by atoms with van der Waals surface area (Å²) in [6, 6.07) is 25.8. The van der Waals surface area contributed by atoms with E-state index in [1.165, 1.54) is 0 Å². The van der Waals surface area contributed by atoms with Crippen LogP contribution in [0.15, 0.2) is 105 Å². The third kappa shape index (κ3) is 18.3. The van der Waals surface area contributed by atoms with Gasteiger partial charge >= 0.3 is 0 Å². The molecule has 0 unspecified atom stereocenters. The van der Waals surface area contributed by atoms with Crippen LogP contribution in [0.4, 0.5) is 22.7 Å². The van der Waals surface area contributed by atoms with Crippen molar-refractivity contribution < 1.29 is 57.6 Å². The number of benzene rings is 4. The van der Waals surface area contributed by atoms with E-state index in [-0.39, 0.29) is 37.9 Å². The zero-order valence-corrected chi connectivity index (χ0v) is 34.0. The topological polar surface area (TPSA) is 182 Å². The number of aromatic hydroxyl groups is 2.